The number of pyridine rings is 2. The molecule has 4 rings (SSSR count). The van der Waals surface area contributed by atoms with Crippen molar-refractivity contribution in [3.63, 3.8) is 0 Å². The number of anilines is 1. The fourth-order valence-corrected chi connectivity index (χ4v) is 3.90. The first-order chi connectivity index (χ1) is 15.7. The number of aromatic amines is 1. The number of nitrogens with one attached hydrogen (secondary N) is 3. The monoisotopic (exact) mass is 443 g/mol. The number of hydrogen-bond acceptors (Lipinski definition) is 4. The van der Waals surface area contributed by atoms with Crippen LogP contribution in [0.15, 0.2) is 53.5 Å². The van der Waals surface area contributed by atoms with Gasteiger partial charge >= 0.3 is 0 Å². The van der Waals surface area contributed by atoms with Gasteiger partial charge in [-0.25, -0.2) is 4.98 Å². The van der Waals surface area contributed by atoms with Gasteiger partial charge in [-0.15, -0.1) is 0 Å². The molecule has 0 atom stereocenters. The lowest BCUT2D eigenvalue weighted by molar-refractivity contribution is -0.114. The minimum absolute atomic E-state index is 0.0958. The molecular weight excluding hydrogens is 418 g/mol. The van der Waals surface area contributed by atoms with E-state index < -0.39 is 0 Å². The average Bonchev–Trinajstić information content (AvgIpc) is 3.12. The minimum Gasteiger partial charge on any atom is -0.350 e. The molecule has 0 aliphatic heterocycles. The predicted molar refractivity (Wildman–Crippen MR) is 128 cm³/mol. The number of aromatic nitrogens is 3. The molecule has 0 saturated carbocycles. The Morgan fingerprint density at radius 2 is 1.91 bits per heavy atom. The standard InChI is InChI=1S/C25H25N5O3/c1-14-10-15(2)27-24(32)20(14)13-26-25(33)23-19-8-9-30(4)22(19)12-21(29-23)17-6-5-7-18(11-17)28-16(3)31/h5-12H,13H2,1-4H3,(H,26,33)(H,27,32)(H,28,31). The summed E-state index contributed by atoms with van der Waals surface area (Å²) in [6, 6.07) is 12.9. The van der Waals surface area contributed by atoms with Gasteiger partial charge in [0.15, 0.2) is 0 Å². The van der Waals surface area contributed by atoms with Crippen molar-refractivity contribution in [2.45, 2.75) is 27.3 Å². The second-order valence-electron chi connectivity index (χ2n) is 8.10. The zero-order valence-corrected chi connectivity index (χ0v) is 18.9. The van der Waals surface area contributed by atoms with E-state index in [0.717, 1.165) is 22.3 Å². The first kappa shape index (κ1) is 22.0. The lowest BCUT2D eigenvalue weighted by atomic mass is 10.1. The third-order valence-electron chi connectivity index (χ3n) is 5.49. The van der Waals surface area contributed by atoms with Gasteiger partial charge in [0.25, 0.3) is 11.5 Å². The second kappa shape index (κ2) is 8.74. The Balaban J connectivity index is 1.71. The van der Waals surface area contributed by atoms with E-state index in [1.807, 2.05) is 68.1 Å². The van der Waals surface area contributed by atoms with E-state index in [2.05, 4.69) is 20.6 Å². The Bertz CT molecular complexity index is 1450. The smallest absolute Gasteiger partial charge is 0.270 e. The van der Waals surface area contributed by atoms with Crippen molar-refractivity contribution in [3.05, 3.63) is 81.5 Å². The molecule has 0 spiro atoms. The van der Waals surface area contributed by atoms with Gasteiger partial charge in [0.05, 0.1) is 11.2 Å². The highest BCUT2D eigenvalue weighted by Crippen LogP contribution is 2.27. The molecule has 8 nitrogen and oxygen atoms in total. The van der Waals surface area contributed by atoms with Gasteiger partial charge in [-0.05, 0) is 49.7 Å². The first-order valence-electron chi connectivity index (χ1n) is 10.5. The Morgan fingerprint density at radius 3 is 2.64 bits per heavy atom. The van der Waals surface area contributed by atoms with Gasteiger partial charge in [0.1, 0.15) is 5.69 Å². The topological polar surface area (TPSA) is 109 Å². The van der Waals surface area contributed by atoms with Crippen molar-refractivity contribution in [1.82, 2.24) is 19.9 Å². The van der Waals surface area contributed by atoms with Crippen molar-refractivity contribution in [2.75, 3.05) is 5.32 Å². The molecule has 33 heavy (non-hydrogen) atoms. The Kier molecular flexibility index (Phi) is 5.83. The summed E-state index contributed by atoms with van der Waals surface area (Å²) >= 11 is 0. The van der Waals surface area contributed by atoms with Crippen LogP contribution < -0.4 is 16.2 Å². The van der Waals surface area contributed by atoms with Gasteiger partial charge in [-0.3, -0.25) is 14.4 Å². The number of nitrogens with zero attached hydrogens (tertiary/aromatic N) is 2. The van der Waals surface area contributed by atoms with Crippen LogP contribution >= 0.6 is 0 Å². The number of aryl methyl sites for hydroxylation is 3. The lowest BCUT2D eigenvalue weighted by Gasteiger charge is -2.11. The summed E-state index contributed by atoms with van der Waals surface area (Å²) in [6.07, 6.45) is 1.87. The number of benzene rings is 1. The van der Waals surface area contributed by atoms with E-state index >= 15 is 0 Å². The third-order valence-corrected chi connectivity index (χ3v) is 5.49. The fourth-order valence-electron chi connectivity index (χ4n) is 3.90. The summed E-state index contributed by atoms with van der Waals surface area (Å²) in [4.78, 5) is 44.4. The maximum absolute atomic E-state index is 13.2. The molecule has 0 aliphatic carbocycles. The molecule has 0 aliphatic rings. The van der Waals surface area contributed by atoms with Gasteiger partial charge in [0, 0.05) is 54.6 Å². The highest BCUT2D eigenvalue weighted by Gasteiger charge is 2.17. The maximum Gasteiger partial charge on any atom is 0.270 e. The van der Waals surface area contributed by atoms with Crippen LogP contribution in [-0.2, 0) is 18.4 Å². The molecule has 0 fully saturated rings. The fraction of sp³-hybridized carbons (Fsp3) is 0.200. The van der Waals surface area contributed by atoms with E-state index in [4.69, 9.17) is 0 Å². The molecule has 0 unspecified atom stereocenters. The van der Waals surface area contributed by atoms with Crippen LogP contribution in [0.4, 0.5) is 5.69 Å². The summed E-state index contributed by atoms with van der Waals surface area (Å²) in [6.45, 7) is 5.21. The third kappa shape index (κ3) is 4.55. The lowest BCUT2D eigenvalue weighted by Crippen LogP contribution is -2.28. The second-order valence-corrected chi connectivity index (χ2v) is 8.10. The number of H-pyrrole nitrogens is 1. The molecule has 4 aromatic rings. The summed E-state index contributed by atoms with van der Waals surface area (Å²) in [7, 11) is 1.90. The molecule has 0 radical (unpaired) electrons. The molecule has 168 valence electrons. The van der Waals surface area contributed by atoms with Crippen molar-refractivity contribution < 1.29 is 9.59 Å². The Labute approximate surface area is 190 Å². The van der Waals surface area contributed by atoms with E-state index in [0.29, 0.717) is 22.3 Å². The van der Waals surface area contributed by atoms with Crippen LogP contribution in [0.1, 0.15) is 34.2 Å². The number of rotatable bonds is 5. The number of carbonyl (C=O) groups is 2. The predicted octanol–water partition coefficient (Wildman–Crippen LogP) is 3.43. The van der Waals surface area contributed by atoms with Gasteiger partial charge in [-0.1, -0.05) is 12.1 Å². The van der Waals surface area contributed by atoms with E-state index in [1.54, 1.807) is 6.07 Å². The van der Waals surface area contributed by atoms with Crippen LogP contribution in [0, 0.1) is 13.8 Å². The molecule has 8 heteroatoms. The van der Waals surface area contributed by atoms with E-state index in [9.17, 15) is 14.4 Å². The molecular formula is C25H25N5O3. The summed E-state index contributed by atoms with van der Waals surface area (Å²) in [5, 5.41) is 6.33. The van der Waals surface area contributed by atoms with Gasteiger partial charge in [-0.2, -0.15) is 0 Å². The SMILES string of the molecule is CC(=O)Nc1cccc(-c2cc3c(ccn3C)c(C(=O)NCc3c(C)cc(C)[nH]c3=O)n2)c1. The van der Waals surface area contributed by atoms with Crippen molar-refractivity contribution in [3.8, 4) is 11.3 Å². The largest absolute Gasteiger partial charge is 0.350 e. The van der Waals surface area contributed by atoms with E-state index in [1.165, 1.54) is 6.92 Å². The molecule has 0 bridgehead atoms. The normalized spacial score (nSPS) is 10.9. The van der Waals surface area contributed by atoms with Crippen LogP contribution in [0.3, 0.4) is 0 Å². The molecule has 0 saturated heterocycles. The average molecular weight is 444 g/mol. The highest BCUT2D eigenvalue weighted by molar-refractivity contribution is 6.05. The minimum atomic E-state index is -0.370. The van der Waals surface area contributed by atoms with Gasteiger partial charge < -0.3 is 20.2 Å². The zero-order valence-electron chi connectivity index (χ0n) is 18.9. The molecule has 1 aromatic carbocycles. The molecule has 3 N–H and O–H groups in total. The number of amides is 2. The van der Waals surface area contributed by atoms with Crippen LogP contribution in [0.2, 0.25) is 0 Å². The Morgan fingerprint density at radius 1 is 1.12 bits per heavy atom. The molecule has 2 amide bonds. The Hall–Kier alpha value is -4.20. The molecule has 3 aromatic heterocycles. The molecule has 3 heterocycles. The number of fused-ring (bicyclic) bond motifs is 1. The highest BCUT2D eigenvalue weighted by atomic mass is 16.2. The number of hydrogen-bond donors (Lipinski definition) is 3. The van der Waals surface area contributed by atoms with Crippen LogP contribution in [0.25, 0.3) is 22.2 Å². The first-order valence-corrected chi connectivity index (χ1v) is 10.5. The summed E-state index contributed by atoms with van der Waals surface area (Å²) in [5.74, 6) is -0.537. The maximum atomic E-state index is 13.2. The quantitative estimate of drug-likeness (QED) is 0.439. The summed E-state index contributed by atoms with van der Waals surface area (Å²) in [5.41, 5.74) is 5.02. The van der Waals surface area contributed by atoms with Gasteiger partial charge in [0.2, 0.25) is 5.91 Å². The number of carbonyl (C=O) groups excluding carboxylic acids is 2. The van der Waals surface area contributed by atoms with Crippen molar-refractivity contribution in [2.24, 2.45) is 7.05 Å². The van der Waals surface area contributed by atoms with Crippen molar-refractivity contribution >= 4 is 28.4 Å². The van der Waals surface area contributed by atoms with E-state index in [-0.39, 0.29) is 29.6 Å². The van der Waals surface area contributed by atoms with Crippen molar-refractivity contribution in [1.29, 1.82) is 0 Å². The van der Waals surface area contributed by atoms with Crippen LogP contribution in [0.5, 0.6) is 0 Å². The zero-order chi connectivity index (χ0) is 23.7. The summed E-state index contributed by atoms with van der Waals surface area (Å²) < 4.78 is 1.92. The van der Waals surface area contributed by atoms with Crippen LogP contribution in [-0.4, -0.2) is 26.3 Å².